The highest BCUT2D eigenvalue weighted by atomic mass is 32.2. The number of nitrogens with zero attached hydrogens (tertiary/aromatic N) is 2. The lowest BCUT2D eigenvalue weighted by atomic mass is 10.2. The molecule has 6 nitrogen and oxygen atoms in total. The van der Waals surface area contributed by atoms with Gasteiger partial charge in [-0.2, -0.15) is 4.98 Å². The SMILES string of the molecule is Cc1ccc(OCC[S@@](=O)Cc2nc(-c3ccco3)no2)cc1. The Labute approximate surface area is 135 Å². The topological polar surface area (TPSA) is 78.4 Å². The molecule has 0 aliphatic carbocycles. The lowest BCUT2D eigenvalue weighted by Gasteiger charge is -2.05. The number of hydrogen-bond acceptors (Lipinski definition) is 6. The summed E-state index contributed by atoms with van der Waals surface area (Å²) in [4.78, 5) is 4.16. The summed E-state index contributed by atoms with van der Waals surface area (Å²) in [5.74, 6) is 2.57. The molecule has 1 atom stereocenters. The highest BCUT2D eigenvalue weighted by molar-refractivity contribution is 7.84. The summed E-state index contributed by atoms with van der Waals surface area (Å²) < 4.78 is 27.9. The van der Waals surface area contributed by atoms with E-state index in [4.69, 9.17) is 13.7 Å². The van der Waals surface area contributed by atoms with Gasteiger partial charge in [-0.1, -0.05) is 22.9 Å². The van der Waals surface area contributed by atoms with Crippen LogP contribution in [0.3, 0.4) is 0 Å². The maximum Gasteiger partial charge on any atom is 0.239 e. The van der Waals surface area contributed by atoms with Crippen molar-refractivity contribution in [3.05, 3.63) is 54.1 Å². The van der Waals surface area contributed by atoms with E-state index in [0.717, 1.165) is 5.75 Å². The van der Waals surface area contributed by atoms with Crippen molar-refractivity contribution in [1.29, 1.82) is 0 Å². The molecule has 120 valence electrons. The minimum atomic E-state index is -1.13. The highest BCUT2D eigenvalue weighted by Crippen LogP contribution is 2.16. The Morgan fingerprint density at radius 1 is 1.22 bits per heavy atom. The van der Waals surface area contributed by atoms with Gasteiger partial charge in [0.1, 0.15) is 11.5 Å². The quantitative estimate of drug-likeness (QED) is 0.662. The van der Waals surface area contributed by atoms with Gasteiger partial charge in [-0.15, -0.1) is 0 Å². The molecule has 3 aromatic rings. The van der Waals surface area contributed by atoms with Gasteiger partial charge in [0.25, 0.3) is 0 Å². The molecule has 3 rings (SSSR count). The third kappa shape index (κ3) is 4.29. The van der Waals surface area contributed by atoms with Gasteiger partial charge in [0.15, 0.2) is 5.76 Å². The van der Waals surface area contributed by atoms with E-state index in [0.29, 0.717) is 29.8 Å². The van der Waals surface area contributed by atoms with Crippen molar-refractivity contribution in [1.82, 2.24) is 10.1 Å². The zero-order chi connectivity index (χ0) is 16.1. The fourth-order valence-corrected chi connectivity index (χ4v) is 2.72. The van der Waals surface area contributed by atoms with Crippen molar-refractivity contribution < 1.29 is 17.9 Å². The summed E-state index contributed by atoms with van der Waals surface area (Å²) in [7, 11) is -1.13. The predicted octanol–water partition coefficient (Wildman–Crippen LogP) is 2.97. The van der Waals surface area contributed by atoms with Gasteiger partial charge in [0, 0.05) is 10.8 Å². The second-order valence-corrected chi connectivity index (χ2v) is 6.52. The number of benzene rings is 1. The largest absolute Gasteiger partial charge is 0.493 e. The normalized spacial score (nSPS) is 12.2. The number of hydrogen-bond donors (Lipinski definition) is 0. The van der Waals surface area contributed by atoms with Crippen LogP contribution in [0.25, 0.3) is 11.6 Å². The van der Waals surface area contributed by atoms with Crippen LogP contribution in [0.2, 0.25) is 0 Å². The average Bonchev–Trinajstić information content (AvgIpc) is 3.20. The molecule has 0 radical (unpaired) electrons. The molecule has 0 saturated carbocycles. The molecule has 2 heterocycles. The summed E-state index contributed by atoms with van der Waals surface area (Å²) in [6.45, 7) is 2.38. The van der Waals surface area contributed by atoms with E-state index in [2.05, 4.69) is 10.1 Å². The number of aromatic nitrogens is 2. The van der Waals surface area contributed by atoms with Crippen LogP contribution in [-0.2, 0) is 16.6 Å². The van der Waals surface area contributed by atoms with Crippen molar-refractivity contribution in [2.24, 2.45) is 0 Å². The Morgan fingerprint density at radius 3 is 2.78 bits per heavy atom. The predicted molar refractivity (Wildman–Crippen MR) is 85.4 cm³/mol. The molecule has 0 amide bonds. The molecule has 0 saturated heterocycles. The molecule has 0 bridgehead atoms. The summed E-state index contributed by atoms with van der Waals surface area (Å²) in [5, 5.41) is 3.80. The zero-order valence-corrected chi connectivity index (χ0v) is 13.4. The molecule has 7 heteroatoms. The molecular formula is C16H16N2O4S. The Balaban J connectivity index is 1.47. The lowest BCUT2D eigenvalue weighted by Crippen LogP contribution is -2.10. The Bertz CT molecular complexity index is 766. The van der Waals surface area contributed by atoms with Crippen LogP contribution in [0.4, 0.5) is 0 Å². The zero-order valence-electron chi connectivity index (χ0n) is 12.6. The molecular weight excluding hydrogens is 316 g/mol. The molecule has 2 aromatic heterocycles. The molecule has 23 heavy (non-hydrogen) atoms. The highest BCUT2D eigenvalue weighted by Gasteiger charge is 2.13. The smallest absolute Gasteiger partial charge is 0.239 e. The van der Waals surface area contributed by atoms with E-state index in [1.807, 2.05) is 31.2 Å². The van der Waals surface area contributed by atoms with Gasteiger partial charge in [-0.05, 0) is 31.2 Å². The minimum Gasteiger partial charge on any atom is -0.493 e. The van der Waals surface area contributed by atoms with Crippen LogP contribution in [0.15, 0.2) is 51.6 Å². The van der Waals surface area contributed by atoms with Crippen LogP contribution >= 0.6 is 0 Å². The molecule has 0 spiro atoms. The van der Waals surface area contributed by atoms with Gasteiger partial charge in [0.05, 0.1) is 18.6 Å². The van der Waals surface area contributed by atoms with E-state index >= 15 is 0 Å². The van der Waals surface area contributed by atoms with Gasteiger partial charge < -0.3 is 13.7 Å². The van der Waals surface area contributed by atoms with E-state index in [1.54, 1.807) is 12.1 Å². The molecule has 0 aliphatic rings. The maximum absolute atomic E-state index is 12.0. The number of furan rings is 1. The van der Waals surface area contributed by atoms with Gasteiger partial charge in [0.2, 0.25) is 11.7 Å². The van der Waals surface area contributed by atoms with Gasteiger partial charge in [-0.3, -0.25) is 4.21 Å². The Morgan fingerprint density at radius 2 is 2.04 bits per heavy atom. The van der Waals surface area contributed by atoms with Gasteiger partial charge in [-0.25, -0.2) is 0 Å². The minimum absolute atomic E-state index is 0.199. The summed E-state index contributed by atoms with van der Waals surface area (Å²) >= 11 is 0. The van der Waals surface area contributed by atoms with Crippen LogP contribution in [0.1, 0.15) is 11.5 Å². The number of ether oxygens (including phenoxy) is 1. The van der Waals surface area contributed by atoms with Crippen molar-refractivity contribution >= 4 is 10.8 Å². The maximum atomic E-state index is 12.0. The second-order valence-electron chi connectivity index (χ2n) is 4.94. The molecule has 1 aromatic carbocycles. The Hall–Kier alpha value is -2.41. The lowest BCUT2D eigenvalue weighted by molar-refractivity contribution is 0.342. The van der Waals surface area contributed by atoms with Crippen molar-refractivity contribution in [2.75, 3.05) is 12.4 Å². The standard InChI is InChI=1S/C16H16N2O4S/c1-12-4-6-13(7-5-12)20-9-10-23(19)11-15-17-16(18-22-15)14-3-2-8-21-14/h2-8H,9-11H2,1H3/t23-/m1/s1. The number of rotatable bonds is 7. The molecule has 0 fully saturated rings. The molecule has 0 unspecified atom stereocenters. The fraction of sp³-hybridized carbons (Fsp3) is 0.250. The molecule has 0 N–H and O–H groups in total. The first-order valence-corrected chi connectivity index (χ1v) is 8.60. The third-order valence-corrected chi connectivity index (χ3v) is 4.29. The van der Waals surface area contributed by atoms with Crippen molar-refractivity contribution in [3.63, 3.8) is 0 Å². The first-order valence-electron chi connectivity index (χ1n) is 7.11. The van der Waals surface area contributed by atoms with Crippen molar-refractivity contribution in [3.8, 4) is 17.3 Å². The molecule has 0 aliphatic heterocycles. The van der Waals surface area contributed by atoms with Crippen molar-refractivity contribution in [2.45, 2.75) is 12.7 Å². The first-order chi connectivity index (χ1) is 11.2. The third-order valence-electron chi connectivity index (χ3n) is 3.09. The van der Waals surface area contributed by atoms with Crippen LogP contribution in [0, 0.1) is 6.92 Å². The van der Waals surface area contributed by atoms with E-state index in [1.165, 1.54) is 11.8 Å². The second kappa shape index (κ2) is 7.23. The van der Waals surface area contributed by atoms with E-state index < -0.39 is 10.8 Å². The van der Waals surface area contributed by atoms with E-state index in [-0.39, 0.29) is 5.75 Å². The number of aryl methyl sites for hydroxylation is 1. The summed E-state index contributed by atoms with van der Waals surface area (Å²) in [6, 6.07) is 11.2. The van der Waals surface area contributed by atoms with Gasteiger partial charge >= 0.3 is 0 Å². The monoisotopic (exact) mass is 332 g/mol. The van der Waals surface area contributed by atoms with Crippen LogP contribution in [-0.4, -0.2) is 26.7 Å². The first kappa shape index (κ1) is 15.5. The van der Waals surface area contributed by atoms with E-state index in [9.17, 15) is 4.21 Å². The van der Waals surface area contributed by atoms with Crippen LogP contribution < -0.4 is 4.74 Å². The Kier molecular flexibility index (Phi) is 4.87. The summed E-state index contributed by atoms with van der Waals surface area (Å²) in [5.41, 5.74) is 1.17. The average molecular weight is 332 g/mol. The fourth-order valence-electron chi connectivity index (χ4n) is 1.92. The summed E-state index contributed by atoms with van der Waals surface area (Å²) in [6.07, 6.45) is 1.53. The van der Waals surface area contributed by atoms with Crippen LogP contribution in [0.5, 0.6) is 5.75 Å².